The van der Waals surface area contributed by atoms with Gasteiger partial charge in [-0.1, -0.05) is 55.3 Å². The number of benzene rings is 2. The smallest absolute Gasteiger partial charge is 0.162 e. The number of allylic oxidation sites excluding steroid dienone is 3. The van der Waals surface area contributed by atoms with E-state index < -0.39 is 5.92 Å². The van der Waals surface area contributed by atoms with Crippen molar-refractivity contribution < 1.29 is 4.79 Å². The standard InChI is InChI=1S/C26H26ClN3O/c1-15-8-9-16(2)19(10-15)23-20(14-28)25(29)30(18-7-5-6-17(27)11-18)21-12-26(3,4)13-22(31)24(21)23/h5-11,23H,12-13,29H2,1-4H3. The minimum Gasteiger partial charge on any atom is -0.384 e. The lowest BCUT2D eigenvalue weighted by Crippen LogP contribution is -2.42. The Balaban J connectivity index is 2.04. The molecule has 4 rings (SSSR count). The van der Waals surface area contributed by atoms with Crippen molar-refractivity contribution in [2.24, 2.45) is 11.1 Å². The molecule has 2 aromatic carbocycles. The lowest BCUT2D eigenvalue weighted by molar-refractivity contribution is -0.118. The number of carbonyl (C=O) groups is 1. The largest absolute Gasteiger partial charge is 0.384 e. The summed E-state index contributed by atoms with van der Waals surface area (Å²) in [5.74, 6) is -0.0247. The molecule has 0 saturated carbocycles. The maximum atomic E-state index is 13.6. The quantitative estimate of drug-likeness (QED) is 0.642. The highest BCUT2D eigenvalue weighted by atomic mass is 35.5. The van der Waals surface area contributed by atoms with Crippen LogP contribution in [0.15, 0.2) is 65.1 Å². The fourth-order valence-corrected chi connectivity index (χ4v) is 4.99. The lowest BCUT2D eigenvalue weighted by Gasteiger charge is -2.44. The van der Waals surface area contributed by atoms with E-state index in [-0.39, 0.29) is 11.2 Å². The Morgan fingerprint density at radius 3 is 2.58 bits per heavy atom. The van der Waals surface area contributed by atoms with Crippen LogP contribution in [-0.4, -0.2) is 5.78 Å². The zero-order valence-corrected chi connectivity index (χ0v) is 19.0. The maximum absolute atomic E-state index is 13.6. The van der Waals surface area contributed by atoms with Gasteiger partial charge in [-0.05, 0) is 55.0 Å². The molecule has 5 heteroatoms. The number of halogens is 1. The Bertz CT molecular complexity index is 1200. The predicted molar refractivity (Wildman–Crippen MR) is 124 cm³/mol. The Morgan fingerprint density at radius 1 is 1.16 bits per heavy atom. The number of ketones is 1. The third-order valence-corrected chi connectivity index (χ3v) is 6.43. The summed E-state index contributed by atoms with van der Waals surface area (Å²) in [5, 5.41) is 10.8. The van der Waals surface area contributed by atoms with E-state index in [1.54, 1.807) is 6.07 Å². The molecule has 4 nitrogen and oxygen atoms in total. The van der Waals surface area contributed by atoms with Crippen LogP contribution in [0, 0.1) is 30.6 Å². The molecule has 0 fully saturated rings. The number of aryl methyl sites for hydroxylation is 2. The SMILES string of the molecule is Cc1ccc(C)c(C2C(C#N)=C(N)N(c3cccc(Cl)c3)C3=C2C(=O)CC(C)(C)C3)c1. The van der Waals surface area contributed by atoms with E-state index in [4.69, 9.17) is 17.3 Å². The van der Waals surface area contributed by atoms with Crippen LogP contribution in [0.1, 0.15) is 49.3 Å². The minimum atomic E-state index is -0.459. The average molecular weight is 432 g/mol. The normalized spacial score (nSPS) is 20.6. The number of nitrogens with two attached hydrogens (primary N) is 1. The predicted octanol–water partition coefficient (Wildman–Crippen LogP) is 5.90. The molecule has 0 aromatic heterocycles. The summed E-state index contributed by atoms with van der Waals surface area (Å²) in [4.78, 5) is 15.4. The highest BCUT2D eigenvalue weighted by Gasteiger charge is 2.45. The van der Waals surface area contributed by atoms with Gasteiger partial charge in [0.1, 0.15) is 5.82 Å². The summed E-state index contributed by atoms with van der Waals surface area (Å²) in [6.07, 6.45) is 1.12. The summed E-state index contributed by atoms with van der Waals surface area (Å²) in [7, 11) is 0. The summed E-state index contributed by atoms with van der Waals surface area (Å²) in [5.41, 5.74) is 12.3. The van der Waals surface area contributed by atoms with Gasteiger partial charge in [0.05, 0.1) is 17.6 Å². The maximum Gasteiger partial charge on any atom is 0.162 e. The van der Waals surface area contributed by atoms with Crippen molar-refractivity contribution in [3.8, 4) is 6.07 Å². The Kier molecular flexibility index (Phi) is 5.19. The molecule has 1 unspecified atom stereocenters. The van der Waals surface area contributed by atoms with Gasteiger partial charge in [0.25, 0.3) is 0 Å². The van der Waals surface area contributed by atoms with Crippen molar-refractivity contribution in [3.05, 3.63) is 86.8 Å². The van der Waals surface area contributed by atoms with Gasteiger partial charge in [0.15, 0.2) is 5.78 Å². The van der Waals surface area contributed by atoms with Crippen LogP contribution in [0.4, 0.5) is 5.69 Å². The van der Waals surface area contributed by atoms with Crippen molar-refractivity contribution in [1.82, 2.24) is 0 Å². The fraction of sp³-hybridized carbons (Fsp3) is 0.308. The molecule has 0 radical (unpaired) electrons. The highest BCUT2D eigenvalue weighted by Crippen LogP contribution is 2.50. The van der Waals surface area contributed by atoms with Crippen LogP contribution in [0.3, 0.4) is 0 Å². The molecule has 1 aliphatic heterocycles. The first kappa shape index (κ1) is 21.2. The monoisotopic (exact) mass is 431 g/mol. The van der Waals surface area contributed by atoms with Crippen LogP contribution in [0.2, 0.25) is 5.02 Å². The van der Waals surface area contributed by atoms with E-state index in [1.807, 2.05) is 49.1 Å². The molecule has 0 amide bonds. The van der Waals surface area contributed by atoms with E-state index >= 15 is 0 Å². The van der Waals surface area contributed by atoms with E-state index in [9.17, 15) is 10.1 Å². The van der Waals surface area contributed by atoms with Crippen molar-refractivity contribution >= 4 is 23.1 Å². The Labute approximate surface area is 188 Å². The molecule has 2 N–H and O–H groups in total. The van der Waals surface area contributed by atoms with Crippen molar-refractivity contribution in [1.29, 1.82) is 5.26 Å². The van der Waals surface area contributed by atoms with E-state index in [2.05, 4.69) is 26.0 Å². The molecule has 158 valence electrons. The van der Waals surface area contributed by atoms with Gasteiger partial charge in [-0.15, -0.1) is 0 Å². The van der Waals surface area contributed by atoms with E-state index in [0.717, 1.165) is 28.1 Å². The molecule has 1 heterocycles. The van der Waals surface area contributed by atoms with E-state index in [0.29, 0.717) is 34.8 Å². The zero-order chi connectivity index (χ0) is 22.5. The molecule has 2 aliphatic rings. The topological polar surface area (TPSA) is 70.1 Å². The summed E-state index contributed by atoms with van der Waals surface area (Å²) in [6, 6.07) is 15.8. The number of rotatable bonds is 2. The van der Waals surface area contributed by atoms with Crippen LogP contribution >= 0.6 is 11.6 Å². The lowest BCUT2D eigenvalue weighted by atomic mass is 9.68. The van der Waals surface area contributed by atoms with Crippen LogP contribution in [-0.2, 0) is 4.79 Å². The summed E-state index contributed by atoms with van der Waals surface area (Å²) in [6.45, 7) is 8.22. The van der Waals surface area contributed by atoms with Gasteiger partial charge in [0, 0.05) is 28.4 Å². The van der Waals surface area contributed by atoms with Gasteiger partial charge in [0.2, 0.25) is 0 Å². The summed E-state index contributed by atoms with van der Waals surface area (Å²) >= 11 is 6.27. The number of anilines is 1. The Morgan fingerprint density at radius 2 is 1.90 bits per heavy atom. The van der Waals surface area contributed by atoms with Gasteiger partial charge in [-0.25, -0.2) is 0 Å². The first-order chi connectivity index (χ1) is 14.6. The number of hydrogen-bond acceptors (Lipinski definition) is 4. The molecule has 0 bridgehead atoms. The molecule has 0 saturated heterocycles. The van der Waals surface area contributed by atoms with Crippen molar-refractivity contribution in [3.63, 3.8) is 0 Å². The van der Waals surface area contributed by atoms with Gasteiger partial charge in [-0.3, -0.25) is 9.69 Å². The van der Waals surface area contributed by atoms with Crippen LogP contribution < -0.4 is 10.6 Å². The third kappa shape index (κ3) is 3.64. The first-order valence-electron chi connectivity index (χ1n) is 10.4. The van der Waals surface area contributed by atoms with E-state index in [1.165, 1.54) is 0 Å². The third-order valence-electron chi connectivity index (χ3n) is 6.19. The summed E-state index contributed by atoms with van der Waals surface area (Å²) < 4.78 is 0. The zero-order valence-electron chi connectivity index (χ0n) is 18.3. The molecular weight excluding hydrogens is 406 g/mol. The Hall–Kier alpha value is -3.03. The highest BCUT2D eigenvalue weighted by molar-refractivity contribution is 6.30. The minimum absolute atomic E-state index is 0.0736. The fourth-order valence-electron chi connectivity index (χ4n) is 4.80. The van der Waals surface area contributed by atoms with Gasteiger partial charge >= 0.3 is 0 Å². The number of Topliss-reactive ketones (excluding diaryl/α,β-unsaturated/α-hetero) is 1. The second-order valence-corrected chi connectivity index (χ2v) is 9.76. The molecule has 0 spiro atoms. The number of nitriles is 1. The molecule has 1 atom stereocenters. The number of nitrogens with zero attached hydrogens (tertiary/aromatic N) is 2. The molecule has 31 heavy (non-hydrogen) atoms. The average Bonchev–Trinajstić information content (AvgIpc) is 2.68. The molecular formula is C26H26ClN3O. The second kappa shape index (κ2) is 7.59. The number of hydrogen-bond donors (Lipinski definition) is 1. The van der Waals surface area contributed by atoms with Crippen LogP contribution in [0.25, 0.3) is 0 Å². The van der Waals surface area contributed by atoms with Gasteiger partial charge in [-0.2, -0.15) is 5.26 Å². The van der Waals surface area contributed by atoms with Crippen LogP contribution in [0.5, 0.6) is 0 Å². The van der Waals surface area contributed by atoms with Crippen molar-refractivity contribution in [2.45, 2.75) is 46.5 Å². The first-order valence-corrected chi connectivity index (χ1v) is 10.8. The number of carbonyl (C=O) groups excluding carboxylic acids is 1. The molecule has 2 aromatic rings. The van der Waals surface area contributed by atoms with Gasteiger partial charge < -0.3 is 5.73 Å². The molecule has 1 aliphatic carbocycles. The second-order valence-electron chi connectivity index (χ2n) is 9.32. The van der Waals surface area contributed by atoms with Crippen molar-refractivity contribution in [2.75, 3.05) is 4.90 Å².